The molecule has 5 aromatic heterocycles. The summed E-state index contributed by atoms with van der Waals surface area (Å²) >= 11 is 3.84. The molecule has 0 unspecified atom stereocenters. The van der Waals surface area contributed by atoms with Gasteiger partial charge < -0.3 is 13.5 Å². The van der Waals surface area contributed by atoms with Crippen molar-refractivity contribution in [3.63, 3.8) is 0 Å². The second kappa shape index (κ2) is 7.56. The number of rotatable bonds is 0. The third-order valence-electron chi connectivity index (χ3n) is 10.7. The zero-order valence-electron chi connectivity index (χ0n) is 24.2. The lowest BCUT2D eigenvalue weighted by Gasteiger charge is -2.34. The minimum absolute atomic E-state index is 0.0157. The summed E-state index contributed by atoms with van der Waals surface area (Å²) in [6.07, 6.45) is 0. The van der Waals surface area contributed by atoms with Gasteiger partial charge in [-0.05, 0) is 40.8 Å². The number of thiophene rings is 2. The van der Waals surface area contributed by atoms with Gasteiger partial charge in [-0.2, -0.15) is 0 Å². The quantitative estimate of drug-likeness (QED) is 0.155. The van der Waals surface area contributed by atoms with Crippen LogP contribution in [-0.4, -0.2) is 15.9 Å². The SMILES string of the molecule is c1ccc2c(c1)oc1c3c4c(cc12)-c1cccc2c5sc6ccccc6c5n(c12)B4c1cccc2c4sc5ccccc5c4n-3c12. The fourth-order valence-electron chi connectivity index (χ4n) is 9.02. The summed E-state index contributed by atoms with van der Waals surface area (Å²) in [4.78, 5) is 0. The first-order chi connectivity index (χ1) is 22.8. The molecule has 0 spiro atoms. The molecule has 0 N–H and O–H groups in total. The molecule has 0 bridgehead atoms. The van der Waals surface area contributed by atoms with Crippen LogP contribution in [0.3, 0.4) is 0 Å². The van der Waals surface area contributed by atoms with E-state index in [-0.39, 0.29) is 6.85 Å². The Hall–Kier alpha value is -5.30. The van der Waals surface area contributed by atoms with E-state index in [1.54, 1.807) is 0 Å². The predicted molar refractivity (Wildman–Crippen MR) is 198 cm³/mol. The molecular weight excluding hydrogens is 599 g/mol. The van der Waals surface area contributed by atoms with Crippen molar-refractivity contribution >= 4 is 125 Å². The van der Waals surface area contributed by atoms with Crippen LogP contribution in [0.4, 0.5) is 0 Å². The topological polar surface area (TPSA) is 23.0 Å². The van der Waals surface area contributed by atoms with Crippen molar-refractivity contribution in [3.8, 4) is 16.8 Å². The van der Waals surface area contributed by atoms with Gasteiger partial charge in [-0.1, -0.05) is 91.0 Å². The highest BCUT2D eigenvalue weighted by Gasteiger charge is 2.43. The molecule has 0 fully saturated rings. The first-order valence-electron chi connectivity index (χ1n) is 15.7. The number of hydrogen-bond acceptors (Lipinski definition) is 3. The van der Waals surface area contributed by atoms with Gasteiger partial charge in [0.2, 0.25) is 0 Å². The molecule has 0 saturated heterocycles. The maximum atomic E-state index is 6.94. The molecule has 6 aromatic carbocycles. The number of benzene rings is 6. The zero-order chi connectivity index (χ0) is 29.4. The minimum atomic E-state index is 0.0157. The van der Waals surface area contributed by atoms with E-state index in [1.165, 1.54) is 101 Å². The Kier molecular flexibility index (Phi) is 3.80. The van der Waals surface area contributed by atoms with E-state index >= 15 is 0 Å². The first-order valence-corrected chi connectivity index (χ1v) is 17.4. The molecule has 7 heterocycles. The number of aromatic nitrogens is 2. The summed E-state index contributed by atoms with van der Waals surface area (Å²) in [7, 11) is 0. The molecule has 0 aliphatic carbocycles. The lowest BCUT2D eigenvalue weighted by atomic mass is 9.45. The Morgan fingerprint density at radius 3 is 2.00 bits per heavy atom. The largest absolute Gasteiger partial charge is 0.454 e. The van der Waals surface area contributed by atoms with Crippen molar-refractivity contribution in [2.45, 2.75) is 0 Å². The molecule has 0 radical (unpaired) electrons. The molecule has 3 nitrogen and oxygen atoms in total. The van der Waals surface area contributed by atoms with Gasteiger partial charge in [-0.25, -0.2) is 0 Å². The number of fused-ring (bicyclic) bond motifs is 18. The van der Waals surface area contributed by atoms with Crippen molar-refractivity contribution < 1.29 is 4.42 Å². The van der Waals surface area contributed by atoms with Crippen molar-refractivity contribution in [3.05, 3.63) is 115 Å². The summed E-state index contributed by atoms with van der Waals surface area (Å²) in [6, 6.07) is 42.7. The minimum Gasteiger partial charge on any atom is -0.454 e. The van der Waals surface area contributed by atoms with Crippen LogP contribution in [-0.2, 0) is 0 Å². The van der Waals surface area contributed by atoms with E-state index in [0.29, 0.717) is 0 Å². The molecule has 0 atom stereocenters. The predicted octanol–water partition coefficient (Wildman–Crippen LogP) is 10.2. The van der Waals surface area contributed by atoms with Crippen LogP contribution in [0.1, 0.15) is 0 Å². The average Bonchev–Trinajstić information content (AvgIpc) is 3.89. The molecule has 2 aliphatic rings. The Balaban J connectivity index is 1.36. The third-order valence-corrected chi connectivity index (χ3v) is 13.1. The van der Waals surface area contributed by atoms with E-state index in [1.807, 2.05) is 22.7 Å². The van der Waals surface area contributed by atoms with Crippen LogP contribution >= 0.6 is 22.7 Å². The summed E-state index contributed by atoms with van der Waals surface area (Å²) in [6.45, 7) is 0.0157. The van der Waals surface area contributed by atoms with Crippen molar-refractivity contribution in [1.82, 2.24) is 9.05 Å². The monoisotopic (exact) mass is 618 g/mol. The lowest BCUT2D eigenvalue weighted by Crippen LogP contribution is -2.55. The van der Waals surface area contributed by atoms with Gasteiger partial charge in [-0.3, -0.25) is 0 Å². The van der Waals surface area contributed by atoms with E-state index < -0.39 is 0 Å². The van der Waals surface area contributed by atoms with E-state index in [4.69, 9.17) is 4.42 Å². The molecule has 210 valence electrons. The number of para-hydroxylation sites is 3. The Labute approximate surface area is 269 Å². The highest BCUT2D eigenvalue weighted by atomic mass is 32.1. The number of nitrogens with zero attached hydrogens (tertiary/aromatic N) is 2. The smallest absolute Gasteiger partial charge is 0.333 e. The van der Waals surface area contributed by atoms with Gasteiger partial charge in [0, 0.05) is 52.8 Å². The molecule has 0 saturated carbocycles. The molecule has 2 aliphatic heterocycles. The maximum Gasteiger partial charge on any atom is 0.333 e. The van der Waals surface area contributed by atoms with E-state index in [0.717, 1.165) is 11.2 Å². The van der Waals surface area contributed by atoms with E-state index in [2.05, 4.69) is 124 Å². The maximum absolute atomic E-state index is 6.94. The first kappa shape index (κ1) is 23.1. The molecule has 6 heteroatoms. The fourth-order valence-corrected chi connectivity index (χ4v) is 11.5. The number of furan rings is 1. The van der Waals surface area contributed by atoms with Crippen LogP contribution < -0.4 is 10.9 Å². The Bertz CT molecular complexity index is 3220. The summed E-state index contributed by atoms with van der Waals surface area (Å²) in [5, 5.41) is 7.65. The van der Waals surface area contributed by atoms with Crippen LogP contribution in [0.25, 0.3) is 101 Å². The fraction of sp³-hybridized carbons (Fsp3) is 0. The van der Waals surface area contributed by atoms with Crippen LogP contribution in [0, 0.1) is 0 Å². The summed E-state index contributed by atoms with van der Waals surface area (Å²) in [5.74, 6) is 0. The van der Waals surface area contributed by atoms with Gasteiger partial charge in [-0.15, -0.1) is 22.7 Å². The van der Waals surface area contributed by atoms with Crippen LogP contribution in [0.5, 0.6) is 0 Å². The zero-order valence-corrected chi connectivity index (χ0v) is 25.8. The highest BCUT2D eigenvalue weighted by molar-refractivity contribution is 7.27. The Morgan fingerprint density at radius 2 is 1.17 bits per heavy atom. The third kappa shape index (κ3) is 2.39. The molecule has 0 amide bonds. The van der Waals surface area contributed by atoms with Crippen LogP contribution in [0.2, 0.25) is 0 Å². The number of hydrogen-bond donors (Lipinski definition) is 0. The normalized spacial score (nSPS) is 13.6. The van der Waals surface area contributed by atoms with Crippen molar-refractivity contribution in [2.24, 2.45) is 0 Å². The van der Waals surface area contributed by atoms with E-state index in [9.17, 15) is 0 Å². The van der Waals surface area contributed by atoms with Crippen LogP contribution in [0.15, 0.2) is 120 Å². The van der Waals surface area contributed by atoms with Crippen molar-refractivity contribution in [2.75, 3.05) is 0 Å². The standard InChI is InChI=1S/C40H19BN2OS2/c1-4-16-29-20(9-1)27-19-26-21-12-7-13-24-33(21)43(36-23-11-3-6-18-31(23)46-40(24)36)41-28-15-8-14-25-34(28)42(37(32(26)41)38(27)44-29)35-22-10-2-5-17-30(22)45-39(25)35/h1-19H. The second-order valence-electron chi connectivity index (χ2n) is 12.8. The highest BCUT2D eigenvalue weighted by Crippen LogP contribution is 2.50. The lowest BCUT2D eigenvalue weighted by molar-refractivity contribution is 0.667. The summed E-state index contributed by atoms with van der Waals surface area (Å²) < 4.78 is 17.6. The molecule has 13 rings (SSSR count). The molecular formula is C40H19BN2OS2. The van der Waals surface area contributed by atoms with Gasteiger partial charge in [0.1, 0.15) is 5.58 Å². The molecule has 46 heavy (non-hydrogen) atoms. The second-order valence-corrected chi connectivity index (χ2v) is 14.9. The van der Waals surface area contributed by atoms with Gasteiger partial charge in [0.25, 0.3) is 0 Å². The summed E-state index contributed by atoms with van der Waals surface area (Å²) in [5.41, 5.74) is 13.7. The van der Waals surface area contributed by atoms with Gasteiger partial charge in [0.05, 0.1) is 31.6 Å². The van der Waals surface area contributed by atoms with Gasteiger partial charge >= 0.3 is 6.85 Å². The van der Waals surface area contributed by atoms with Gasteiger partial charge in [0.15, 0.2) is 5.58 Å². The van der Waals surface area contributed by atoms with Crippen molar-refractivity contribution in [1.29, 1.82) is 0 Å². The average molecular weight is 619 g/mol. The Morgan fingerprint density at radius 1 is 0.522 bits per heavy atom. The molecule has 11 aromatic rings.